The molecule has 1 aromatic carbocycles. The first-order chi connectivity index (χ1) is 17.3. The van der Waals surface area contributed by atoms with Crippen LogP contribution < -0.4 is 10.2 Å². The predicted octanol–water partition coefficient (Wildman–Crippen LogP) is 4.61. The van der Waals surface area contributed by atoms with Crippen molar-refractivity contribution in [2.45, 2.75) is 81.7 Å². The number of anilines is 1. The summed E-state index contributed by atoms with van der Waals surface area (Å²) in [6.07, 6.45) is 6.30. The van der Waals surface area contributed by atoms with Gasteiger partial charge in [0.25, 0.3) is 0 Å². The second kappa shape index (κ2) is 8.46. The van der Waals surface area contributed by atoms with Crippen LogP contribution in [-0.2, 0) is 0 Å². The molecule has 0 unspecified atom stereocenters. The highest BCUT2D eigenvalue weighted by Crippen LogP contribution is 2.46. The van der Waals surface area contributed by atoms with E-state index in [0.29, 0.717) is 33.5 Å². The Bertz CT molecular complexity index is 1340. The van der Waals surface area contributed by atoms with Crippen molar-refractivity contribution >= 4 is 17.2 Å². The van der Waals surface area contributed by atoms with Gasteiger partial charge in [-0.25, -0.2) is 14.4 Å². The molecule has 0 amide bonds. The highest BCUT2D eigenvalue weighted by molar-refractivity contribution is 7.10. The molecule has 2 bridgehead atoms. The first kappa shape index (κ1) is 23.3. The van der Waals surface area contributed by atoms with Crippen molar-refractivity contribution in [3.05, 3.63) is 34.8 Å². The second-order valence-electron chi connectivity index (χ2n) is 10.8. The summed E-state index contributed by atoms with van der Waals surface area (Å²) in [7, 11) is 0. The molecule has 2 saturated heterocycles. The van der Waals surface area contributed by atoms with Crippen LogP contribution in [0.1, 0.15) is 57.4 Å². The number of phenols is 1. The van der Waals surface area contributed by atoms with Gasteiger partial charge >= 0.3 is 0 Å². The van der Waals surface area contributed by atoms with E-state index in [0.717, 1.165) is 38.5 Å². The number of nitrogens with one attached hydrogen (secondary N) is 1. The predicted molar refractivity (Wildman–Crippen MR) is 135 cm³/mol. The third-order valence-corrected chi connectivity index (χ3v) is 8.61. The average molecular weight is 506 g/mol. The smallest absolute Gasteiger partial charge is 0.194 e. The van der Waals surface area contributed by atoms with E-state index < -0.39 is 11.7 Å². The zero-order valence-corrected chi connectivity index (χ0v) is 21.1. The molecular weight excluding hydrogens is 477 g/mol. The maximum Gasteiger partial charge on any atom is 0.194 e. The molecule has 3 aliphatic rings. The van der Waals surface area contributed by atoms with Crippen molar-refractivity contribution < 1.29 is 9.50 Å². The van der Waals surface area contributed by atoms with Crippen LogP contribution in [-0.4, -0.2) is 54.6 Å². The van der Waals surface area contributed by atoms with Crippen LogP contribution in [0.25, 0.3) is 22.6 Å². The monoisotopic (exact) mass is 505 g/mol. The molecule has 8 nitrogen and oxygen atoms in total. The lowest BCUT2D eigenvalue weighted by atomic mass is 9.68. The van der Waals surface area contributed by atoms with E-state index in [-0.39, 0.29) is 23.4 Å². The first-order valence-electron chi connectivity index (χ1n) is 12.4. The van der Waals surface area contributed by atoms with E-state index in [1.54, 1.807) is 23.7 Å². The molecule has 4 atom stereocenters. The van der Waals surface area contributed by atoms with Crippen LogP contribution in [0.15, 0.2) is 29.8 Å². The molecule has 186 valence electrons. The van der Waals surface area contributed by atoms with E-state index in [1.165, 1.54) is 11.3 Å². The van der Waals surface area contributed by atoms with Gasteiger partial charge in [-0.05, 0) is 64.5 Å². The summed E-state index contributed by atoms with van der Waals surface area (Å²) >= 11 is 1.26. The molecule has 0 radical (unpaired) electrons. The Morgan fingerprint density at radius 3 is 2.75 bits per heavy atom. The first-order valence-corrected chi connectivity index (χ1v) is 13.3. The van der Waals surface area contributed by atoms with Gasteiger partial charge in [-0.2, -0.15) is 5.26 Å². The number of hydrogen-bond acceptors (Lipinski definition) is 9. The average Bonchev–Trinajstić information content (AvgIpc) is 3.57. The summed E-state index contributed by atoms with van der Waals surface area (Å²) < 4.78 is 16.0. The lowest BCUT2D eigenvalue weighted by molar-refractivity contribution is 0.000258. The van der Waals surface area contributed by atoms with Gasteiger partial charge in [-0.3, -0.25) is 0 Å². The number of alkyl halides is 1. The molecule has 10 heteroatoms. The molecular formula is C26H28FN7OS. The number of nitrogens with zero attached hydrogens (tertiary/aromatic N) is 6. The van der Waals surface area contributed by atoms with Crippen LogP contribution in [0.4, 0.5) is 10.2 Å². The number of halogens is 1. The minimum absolute atomic E-state index is 0.00320. The Kier molecular flexibility index (Phi) is 5.46. The lowest BCUT2D eigenvalue weighted by Gasteiger charge is -2.57. The molecule has 2 aromatic heterocycles. The quantitative estimate of drug-likeness (QED) is 0.517. The van der Waals surface area contributed by atoms with Crippen molar-refractivity contribution in [1.82, 2.24) is 25.5 Å². The topological polar surface area (TPSA) is 111 Å². The highest BCUT2D eigenvalue weighted by Gasteiger charge is 2.55. The molecule has 3 aromatic rings. The van der Waals surface area contributed by atoms with Gasteiger partial charge in [0.15, 0.2) is 16.6 Å². The molecule has 3 fully saturated rings. The van der Waals surface area contributed by atoms with Gasteiger partial charge < -0.3 is 15.3 Å². The molecule has 0 spiro atoms. The second-order valence-corrected chi connectivity index (χ2v) is 11.6. The van der Waals surface area contributed by atoms with E-state index in [1.807, 2.05) is 19.1 Å². The molecule has 36 heavy (non-hydrogen) atoms. The highest BCUT2D eigenvalue weighted by atomic mass is 32.1. The summed E-state index contributed by atoms with van der Waals surface area (Å²) in [5, 5.41) is 34.2. The fourth-order valence-electron chi connectivity index (χ4n) is 6.08. The van der Waals surface area contributed by atoms with Crippen molar-refractivity contribution in [3.8, 4) is 34.5 Å². The van der Waals surface area contributed by atoms with Crippen LogP contribution in [0.2, 0.25) is 0 Å². The number of phenolic OH excluding ortho intramolecular Hbond substituents is 1. The summed E-state index contributed by atoms with van der Waals surface area (Å²) in [5.41, 5.74) is 1.15. The van der Waals surface area contributed by atoms with Gasteiger partial charge in [0.2, 0.25) is 0 Å². The summed E-state index contributed by atoms with van der Waals surface area (Å²) in [6.45, 7) is 4.22. The van der Waals surface area contributed by atoms with Crippen LogP contribution in [0.5, 0.6) is 5.75 Å². The molecule has 1 aliphatic carbocycles. The molecule has 2 N–H and O–H groups in total. The Balaban J connectivity index is 1.28. The van der Waals surface area contributed by atoms with Gasteiger partial charge in [0.1, 0.15) is 18.0 Å². The standard InChI is InChI=1S/C26H28FN7OS/c1-25-8-3-9-26(2,33-25)23(27)19(11-25)34(16-5-6-16)21-13-29-24(32-31-21)17-7-4-15(10-20(17)35)18-14-36-22(12-28)30-18/h4,7,10,13-14,16,19,23,33,35H,3,5-6,8-9,11H2,1-2H3/t19-,23-,25-,26+/m1/s1. The maximum absolute atomic E-state index is 16.0. The number of thiazole rings is 1. The largest absolute Gasteiger partial charge is 0.507 e. The Labute approximate surface area is 213 Å². The Morgan fingerprint density at radius 1 is 1.25 bits per heavy atom. The molecule has 1 saturated carbocycles. The third kappa shape index (κ3) is 4.00. The number of hydrogen-bond donors (Lipinski definition) is 2. The van der Waals surface area contributed by atoms with Crippen molar-refractivity contribution in [1.29, 1.82) is 5.26 Å². The lowest BCUT2D eigenvalue weighted by Crippen LogP contribution is -2.73. The van der Waals surface area contributed by atoms with Crippen molar-refractivity contribution in [3.63, 3.8) is 0 Å². The van der Waals surface area contributed by atoms with E-state index in [4.69, 9.17) is 5.26 Å². The van der Waals surface area contributed by atoms with E-state index in [9.17, 15) is 5.11 Å². The van der Waals surface area contributed by atoms with Crippen LogP contribution in [0, 0.1) is 11.3 Å². The SMILES string of the molecule is C[C@]12CCC[C@](C)(N1)[C@H](F)[C@H](N(c1cnc(-c3ccc(-c4csc(C#N)n4)cc3O)nn1)C1CC1)C2. The number of rotatable bonds is 5. The summed E-state index contributed by atoms with van der Waals surface area (Å²) in [4.78, 5) is 10.9. The van der Waals surface area contributed by atoms with E-state index in [2.05, 4.69) is 37.3 Å². The van der Waals surface area contributed by atoms with Gasteiger partial charge in [0.05, 0.1) is 23.5 Å². The fourth-order valence-corrected chi connectivity index (χ4v) is 6.69. The Morgan fingerprint density at radius 2 is 2.08 bits per heavy atom. The van der Waals surface area contributed by atoms with Crippen LogP contribution >= 0.6 is 11.3 Å². The zero-order chi connectivity index (χ0) is 25.1. The Hall–Kier alpha value is -3.16. The zero-order valence-electron chi connectivity index (χ0n) is 20.3. The van der Waals surface area contributed by atoms with Crippen LogP contribution in [0.3, 0.4) is 0 Å². The van der Waals surface area contributed by atoms with Gasteiger partial charge in [-0.15, -0.1) is 21.5 Å². The third-order valence-electron chi connectivity index (χ3n) is 7.86. The number of aromatic nitrogens is 4. The van der Waals surface area contributed by atoms with Crippen molar-refractivity contribution in [2.75, 3.05) is 4.90 Å². The molecule has 2 aliphatic heterocycles. The minimum Gasteiger partial charge on any atom is -0.507 e. The number of benzene rings is 1. The minimum atomic E-state index is -1.02. The number of aromatic hydroxyl groups is 1. The molecule has 4 heterocycles. The summed E-state index contributed by atoms with van der Waals surface area (Å²) in [5.74, 6) is 0.889. The van der Waals surface area contributed by atoms with Crippen molar-refractivity contribution in [2.24, 2.45) is 0 Å². The normalized spacial score (nSPS) is 29.5. The molecule has 6 rings (SSSR count). The van der Waals surface area contributed by atoms with Gasteiger partial charge in [0, 0.05) is 28.1 Å². The maximum atomic E-state index is 16.0. The number of fused-ring (bicyclic) bond motifs is 2. The summed E-state index contributed by atoms with van der Waals surface area (Å²) in [6, 6.07) is 7.11. The van der Waals surface area contributed by atoms with Gasteiger partial charge in [-0.1, -0.05) is 6.07 Å². The number of piperidine rings is 2. The number of nitriles is 1. The van der Waals surface area contributed by atoms with E-state index >= 15 is 4.39 Å². The fraction of sp³-hybridized carbons (Fsp3) is 0.500.